The summed E-state index contributed by atoms with van der Waals surface area (Å²) in [5.74, 6) is 2.33. The molecule has 0 radical (unpaired) electrons. The molecule has 0 aliphatic heterocycles. The van der Waals surface area contributed by atoms with Crippen LogP contribution in [0.4, 0.5) is 5.82 Å². The van der Waals surface area contributed by atoms with Crippen LogP contribution < -0.4 is 5.32 Å². The van der Waals surface area contributed by atoms with Gasteiger partial charge in [0.15, 0.2) is 0 Å². The Kier molecular flexibility index (Phi) is 4.21. The first-order valence-corrected chi connectivity index (χ1v) is 6.51. The van der Waals surface area contributed by atoms with Gasteiger partial charge in [-0.3, -0.25) is 0 Å². The summed E-state index contributed by atoms with van der Waals surface area (Å²) < 4.78 is 0. The number of carboxylic acids is 1. The van der Waals surface area contributed by atoms with E-state index in [4.69, 9.17) is 6.42 Å². The van der Waals surface area contributed by atoms with Crippen LogP contribution in [0.25, 0.3) is 10.8 Å². The largest absolute Gasteiger partial charge is 0.478 e. The summed E-state index contributed by atoms with van der Waals surface area (Å²) >= 11 is 0. The number of anilines is 1. The first-order valence-electron chi connectivity index (χ1n) is 6.51. The highest BCUT2D eigenvalue weighted by atomic mass is 16.4. The van der Waals surface area contributed by atoms with Gasteiger partial charge in [0.05, 0.1) is 11.6 Å². The standard InChI is InChI=1S/C16H16N2O2/c1-3-7-11(4-2)18-15-13-9-6-5-8-12(13)14(10-17-15)16(19)20/h2,5-6,8-11H,3,7H2,1H3,(H,17,18)(H,19,20). The van der Waals surface area contributed by atoms with E-state index < -0.39 is 5.97 Å². The first-order chi connectivity index (χ1) is 9.67. The number of rotatable bonds is 5. The lowest BCUT2D eigenvalue weighted by atomic mass is 10.1. The number of terminal acetylenes is 1. The molecular formula is C16H16N2O2. The lowest BCUT2D eigenvalue weighted by Gasteiger charge is -2.15. The number of carbonyl (C=O) groups is 1. The fourth-order valence-corrected chi connectivity index (χ4v) is 2.13. The van der Waals surface area contributed by atoms with Crippen molar-refractivity contribution in [2.75, 3.05) is 5.32 Å². The Labute approximate surface area is 117 Å². The normalized spacial score (nSPS) is 11.8. The van der Waals surface area contributed by atoms with Crippen LogP contribution in [0.3, 0.4) is 0 Å². The zero-order valence-electron chi connectivity index (χ0n) is 11.3. The molecule has 2 aromatic rings. The molecule has 0 fully saturated rings. The van der Waals surface area contributed by atoms with E-state index in [2.05, 4.69) is 23.1 Å². The van der Waals surface area contributed by atoms with Crippen molar-refractivity contribution in [3.63, 3.8) is 0 Å². The van der Waals surface area contributed by atoms with Gasteiger partial charge in [0.1, 0.15) is 5.82 Å². The topological polar surface area (TPSA) is 62.2 Å². The van der Waals surface area contributed by atoms with Crippen molar-refractivity contribution in [1.29, 1.82) is 0 Å². The van der Waals surface area contributed by atoms with Crippen molar-refractivity contribution >= 4 is 22.6 Å². The Bertz CT molecular complexity index is 674. The smallest absolute Gasteiger partial charge is 0.337 e. The lowest BCUT2D eigenvalue weighted by Crippen LogP contribution is -2.18. The maximum Gasteiger partial charge on any atom is 0.337 e. The van der Waals surface area contributed by atoms with E-state index >= 15 is 0 Å². The Balaban J connectivity index is 2.48. The van der Waals surface area contributed by atoms with Crippen LogP contribution in [-0.2, 0) is 0 Å². The second kappa shape index (κ2) is 6.07. The van der Waals surface area contributed by atoms with Crippen molar-refractivity contribution in [2.45, 2.75) is 25.8 Å². The average Bonchev–Trinajstić information content (AvgIpc) is 2.46. The van der Waals surface area contributed by atoms with Gasteiger partial charge < -0.3 is 10.4 Å². The predicted molar refractivity (Wildman–Crippen MR) is 79.9 cm³/mol. The van der Waals surface area contributed by atoms with Crippen molar-refractivity contribution < 1.29 is 9.90 Å². The van der Waals surface area contributed by atoms with E-state index in [-0.39, 0.29) is 11.6 Å². The Morgan fingerprint density at radius 1 is 1.45 bits per heavy atom. The summed E-state index contributed by atoms with van der Waals surface area (Å²) in [5, 5.41) is 13.8. The summed E-state index contributed by atoms with van der Waals surface area (Å²) in [6.45, 7) is 2.06. The summed E-state index contributed by atoms with van der Waals surface area (Å²) in [7, 11) is 0. The zero-order valence-corrected chi connectivity index (χ0v) is 11.3. The number of hydrogen-bond acceptors (Lipinski definition) is 3. The summed E-state index contributed by atoms with van der Waals surface area (Å²) in [6, 6.07) is 7.17. The van der Waals surface area contributed by atoms with Crippen molar-refractivity contribution in [1.82, 2.24) is 4.98 Å². The van der Waals surface area contributed by atoms with Gasteiger partial charge in [-0.05, 0) is 6.42 Å². The molecule has 0 saturated heterocycles. The summed E-state index contributed by atoms with van der Waals surface area (Å²) in [5.41, 5.74) is 0.193. The molecule has 20 heavy (non-hydrogen) atoms. The van der Waals surface area contributed by atoms with E-state index in [1.54, 1.807) is 6.07 Å². The van der Waals surface area contributed by atoms with Crippen molar-refractivity contribution in [3.8, 4) is 12.3 Å². The van der Waals surface area contributed by atoms with Gasteiger partial charge in [0.25, 0.3) is 0 Å². The van der Waals surface area contributed by atoms with Crippen LogP contribution in [0.2, 0.25) is 0 Å². The third-order valence-corrected chi connectivity index (χ3v) is 3.11. The van der Waals surface area contributed by atoms with Gasteiger partial charge in [0, 0.05) is 17.0 Å². The quantitative estimate of drug-likeness (QED) is 0.818. The molecule has 1 heterocycles. The minimum Gasteiger partial charge on any atom is -0.478 e. The third-order valence-electron chi connectivity index (χ3n) is 3.11. The summed E-state index contributed by atoms with van der Waals surface area (Å²) in [4.78, 5) is 15.4. The fourth-order valence-electron chi connectivity index (χ4n) is 2.13. The molecule has 0 amide bonds. The van der Waals surface area contributed by atoms with E-state index in [0.717, 1.165) is 18.2 Å². The second-order valence-electron chi connectivity index (χ2n) is 4.52. The predicted octanol–water partition coefficient (Wildman–Crippen LogP) is 3.15. The number of carboxylic acid groups (broad SMARTS) is 1. The third kappa shape index (κ3) is 2.72. The first kappa shape index (κ1) is 13.9. The number of pyridine rings is 1. The second-order valence-corrected chi connectivity index (χ2v) is 4.52. The molecule has 102 valence electrons. The fraction of sp³-hybridized carbons (Fsp3) is 0.250. The highest BCUT2D eigenvalue weighted by Crippen LogP contribution is 2.25. The van der Waals surface area contributed by atoms with E-state index in [1.807, 2.05) is 18.2 Å². The van der Waals surface area contributed by atoms with Crippen LogP contribution in [-0.4, -0.2) is 22.1 Å². The number of hydrogen-bond donors (Lipinski definition) is 2. The van der Waals surface area contributed by atoms with E-state index in [9.17, 15) is 9.90 Å². The van der Waals surface area contributed by atoms with Crippen molar-refractivity contribution in [3.05, 3.63) is 36.0 Å². The molecule has 4 nitrogen and oxygen atoms in total. The number of benzene rings is 1. The van der Waals surface area contributed by atoms with Crippen molar-refractivity contribution in [2.24, 2.45) is 0 Å². The molecule has 0 aliphatic rings. The van der Waals surface area contributed by atoms with E-state index in [1.165, 1.54) is 6.20 Å². The van der Waals surface area contributed by atoms with E-state index in [0.29, 0.717) is 11.2 Å². The zero-order chi connectivity index (χ0) is 14.5. The number of nitrogens with one attached hydrogen (secondary N) is 1. The monoisotopic (exact) mass is 268 g/mol. The van der Waals surface area contributed by atoms with Crippen LogP contribution in [0.1, 0.15) is 30.1 Å². The molecule has 2 N–H and O–H groups in total. The molecule has 0 aliphatic carbocycles. The molecule has 1 aromatic heterocycles. The van der Waals surface area contributed by atoms with Gasteiger partial charge in [-0.15, -0.1) is 6.42 Å². The average molecular weight is 268 g/mol. The SMILES string of the molecule is C#CC(CCC)Nc1ncc(C(=O)O)c2ccccc12. The summed E-state index contributed by atoms with van der Waals surface area (Å²) in [6.07, 6.45) is 8.67. The maximum atomic E-state index is 11.2. The van der Waals surface area contributed by atoms with Gasteiger partial charge in [-0.2, -0.15) is 0 Å². The molecule has 1 atom stereocenters. The molecule has 0 bridgehead atoms. The van der Waals surface area contributed by atoms with Crippen LogP contribution in [0.5, 0.6) is 0 Å². The molecule has 4 heteroatoms. The molecular weight excluding hydrogens is 252 g/mol. The number of nitrogens with zero attached hydrogens (tertiary/aromatic N) is 1. The van der Waals surface area contributed by atoms with Gasteiger partial charge >= 0.3 is 5.97 Å². The molecule has 1 aromatic carbocycles. The Morgan fingerprint density at radius 2 is 2.15 bits per heavy atom. The van der Waals surface area contributed by atoms with Crippen LogP contribution in [0, 0.1) is 12.3 Å². The Morgan fingerprint density at radius 3 is 2.75 bits per heavy atom. The highest BCUT2D eigenvalue weighted by Gasteiger charge is 2.13. The van der Waals surface area contributed by atoms with Gasteiger partial charge in [-0.25, -0.2) is 9.78 Å². The molecule has 0 spiro atoms. The number of fused-ring (bicyclic) bond motifs is 1. The Hall–Kier alpha value is -2.54. The van der Waals surface area contributed by atoms with Crippen LogP contribution >= 0.6 is 0 Å². The number of aromatic nitrogens is 1. The molecule has 1 unspecified atom stereocenters. The molecule has 0 saturated carbocycles. The number of aromatic carboxylic acids is 1. The lowest BCUT2D eigenvalue weighted by molar-refractivity contribution is 0.0698. The van der Waals surface area contributed by atoms with Crippen LogP contribution in [0.15, 0.2) is 30.5 Å². The minimum atomic E-state index is -0.984. The maximum absolute atomic E-state index is 11.2. The molecule has 2 rings (SSSR count). The minimum absolute atomic E-state index is 0.105. The highest BCUT2D eigenvalue weighted by molar-refractivity contribution is 6.06. The van der Waals surface area contributed by atoms with Gasteiger partial charge in [0.2, 0.25) is 0 Å². The van der Waals surface area contributed by atoms with Gasteiger partial charge in [-0.1, -0.05) is 43.5 Å².